The summed E-state index contributed by atoms with van der Waals surface area (Å²) in [6.45, 7) is 1.31. The summed E-state index contributed by atoms with van der Waals surface area (Å²) in [5, 5.41) is 17.4. The first-order valence-electron chi connectivity index (χ1n) is 8.65. The molecule has 0 heterocycles. The number of rotatable bonds is 10. The fourth-order valence-electron chi connectivity index (χ4n) is 2.07. The van der Waals surface area contributed by atoms with Crippen molar-refractivity contribution in [2.75, 3.05) is 13.2 Å². The van der Waals surface area contributed by atoms with E-state index in [1.807, 2.05) is 0 Å². The van der Waals surface area contributed by atoms with Crippen LogP contribution in [-0.4, -0.2) is 41.3 Å². The summed E-state index contributed by atoms with van der Waals surface area (Å²) in [6.07, 6.45) is 4.61. The van der Waals surface area contributed by atoms with Crippen LogP contribution in [0.2, 0.25) is 5.02 Å². The maximum Gasteiger partial charge on any atom is 0.320 e. The Morgan fingerprint density at radius 3 is 2.46 bits per heavy atom. The largest absolute Gasteiger partial charge is 0.492 e. The van der Waals surface area contributed by atoms with Gasteiger partial charge in [-0.15, -0.1) is 0 Å². The number of nitrogens with two attached hydrogens (primary N) is 2. The van der Waals surface area contributed by atoms with E-state index in [9.17, 15) is 9.59 Å². The average molecular weight is 387 g/mol. The first-order chi connectivity index (χ1) is 12.3. The molecule has 26 heavy (non-hydrogen) atoms. The van der Waals surface area contributed by atoms with Crippen molar-refractivity contribution in [3.05, 3.63) is 28.8 Å². The number of carboxylic acid groups (broad SMARTS) is 2. The highest BCUT2D eigenvalue weighted by Gasteiger charge is 2.22. The van der Waals surface area contributed by atoms with Crippen molar-refractivity contribution in [3.63, 3.8) is 0 Å². The molecule has 1 fully saturated rings. The molecular formula is C18H27ClN2O5. The summed E-state index contributed by atoms with van der Waals surface area (Å²) in [5.41, 5.74) is 11.1. The van der Waals surface area contributed by atoms with E-state index >= 15 is 0 Å². The van der Waals surface area contributed by atoms with Crippen LogP contribution in [0.25, 0.3) is 0 Å². The Hall–Kier alpha value is -1.83. The van der Waals surface area contributed by atoms with Crippen LogP contribution >= 0.6 is 11.6 Å². The number of carboxylic acids is 2. The topological polar surface area (TPSA) is 136 Å². The van der Waals surface area contributed by atoms with Gasteiger partial charge in [0.1, 0.15) is 11.8 Å². The standard InChI is InChI=1S/C12H13ClO3.C6H14N2O2/c13-10-5-9(6-12(14)15)3-4-11(10)16-7-8-1-2-8;7-4-2-1-3-5(8)6(9)10/h3-5,8H,1-2,6-7H2,(H,14,15);5H,1-4,7-8H2,(H,9,10)/t;5-/m.0/s1. The van der Waals surface area contributed by atoms with Gasteiger partial charge < -0.3 is 26.4 Å². The molecule has 0 aliphatic heterocycles. The molecule has 1 aromatic rings. The zero-order chi connectivity index (χ0) is 19.5. The molecule has 0 radical (unpaired) electrons. The normalized spacial score (nSPS) is 14.1. The molecule has 2 rings (SSSR count). The number of unbranched alkanes of at least 4 members (excludes halogenated alkanes) is 1. The van der Waals surface area contributed by atoms with Crippen molar-refractivity contribution >= 4 is 23.5 Å². The van der Waals surface area contributed by atoms with Crippen molar-refractivity contribution in [1.29, 1.82) is 0 Å². The predicted octanol–water partition coefficient (Wildman–Crippen LogP) is 2.28. The Kier molecular flexibility index (Phi) is 10.0. The number of ether oxygens (including phenoxy) is 1. The summed E-state index contributed by atoms with van der Waals surface area (Å²) >= 11 is 6.00. The second kappa shape index (κ2) is 11.7. The number of carbonyl (C=O) groups is 2. The van der Waals surface area contributed by atoms with Gasteiger partial charge in [-0.3, -0.25) is 9.59 Å². The molecule has 8 heteroatoms. The number of aliphatic carboxylic acids is 2. The number of benzene rings is 1. The molecule has 0 saturated heterocycles. The van der Waals surface area contributed by atoms with E-state index in [-0.39, 0.29) is 6.42 Å². The second-order valence-corrected chi connectivity index (χ2v) is 6.73. The van der Waals surface area contributed by atoms with Crippen molar-refractivity contribution < 1.29 is 24.5 Å². The van der Waals surface area contributed by atoms with Crippen molar-refractivity contribution in [1.82, 2.24) is 0 Å². The molecule has 0 amide bonds. The minimum atomic E-state index is -0.933. The van der Waals surface area contributed by atoms with E-state index < -0.39 is 18.0 Å². The lowest BCUT2D eigenvalue weighted by atomic mass is 10.1. The van der Waals surface area contributed by atoms with E-state index in [1.165, 1.54) is 12.8 Å². The van der Waals surface area contributed by atoms with Gasteiger partial charge in [0.2, 0.25) is 0 Å². The molecule has 0 unspecified atom stereocenters. The third-order valence-electron chi connectivity index (χ3n) is 3.81. The summed E-state index contributed by atoms with van der Waals surface area (Å²) in [5.74, 6) is -0.475. The Bertz CT molecular complexity index is 593. The van der Waals surface area contributed by atoms with Crippen LogP contribution in [0, 0.1) is 5.92 Å². The van der Waals surface area contributed by atoms with Gasteiger partial charge in [-0.2, -0.15) is 0 Å². The van der Waals surface area contributed by atoms with Crippen LogP contribution in [0.5, 0.6) is 5.75 Å². The lowest BCUT2D eigenvalue weighted by molar-refractivity contribution is -0.139. The van der Waals surface area contributed by atoms with Crippen molar-refractivity contribution in [2.24, 2.45) is 17.4 Å². The third-order valence-corrected chi connectivity index (χ3v) is 4.10. The van der Waals surface area contributed by atoms with Crippen molar-refractivity contribution in [2.45, 2.75) is 44.6 Å². The molecule has 1 aliphatic rings. The fraction of sp³-hybridized carbons (Fsp3) is 0.556. The highest BCUT2D eigenvalue weighted by atomic mass is 35.5. The molecule has 0 aromatic heterocycles. The van der Waals surface area contributed by atoms with E-state index in [0.717, 1.165) is 12.8 Å². The summed E-state index contributed by atoms with van der Waals surface area (Å²) in [4.78, 5) is 20.7. The highest BCUT2D eigenvalue weighted by Crippen LogP contribution is 2.32. The molecule has 1 aliphatic carbocycles. The number of hydrogen-bond donors (Lipinski definition) is 4. The Labute approximate surface area is 158 Å². The molecule has 7 nitrogen and oxygen atoms in total. The van der Waals surface area contributed by atoms with Gasteiger partial charge in [0.25, 0.3) is 0 Å². The molecule has 6 N–H and O–H groups in total. The zero-order valence-electron chi connectivity index (χ0n) is 14.7. The Morgan fingerprint density at radius 1 is 1.27 bits per heavy atom. The number of hydrogen-bond acceptors (Lipinski definition) is 5. The maximum absolute atomic E-state index is 10.5. The van der Waals surface area contributed by atoms with Crippen LogP contribution in [-0.2, 0) is 16.0 Å². The first-order valence-corrected chi connectivity index (χ1v) is 9.02. The van der Waals surface area contributed by atoms with Crippen LogP contribution in [0.15, 0.2) is 18.2 Å². The smallest absolute Gasteiger partial charge is 0.320 e. The van der Waals surface area contributed by atoms with Crippen molar-refractivity contribution in [3.8, 4) is 5.75 Å². The number of halogens is 1. The Balaban J connectivity index is 0.000000294. The SMILES string of the molecule is NCCCC[C@H](N)C(=O)O.O=C(O)Cc1ccc(OCC2CC2)c(Cl)c1. The maximum atomic E-state index is 10.5. The van der Waals surface area contributed by atoms with Gasteiger partial charge >= 0.3 is 11.9 Å². The zero-order valence-corrected chi connectivity index (χ0v) is 15.5. The minimum absolute atomic E-state index is 0.0113. The van der Waals surface area contributed by atoms with E-state index in [1.54, 1.807) is 18.2 Å². The summed E-state index contributed by atoms with van der Waals surface area (Å²) in [6, 6.07) is 4.41. The van der Waals surface area contributed by atoms with Crippen LogP contribution in [0.1, 0.15) is 37.7 Å². The predicted molar refractivity (Wildman–Crippen MR) is 99.5 cm³/mol. The summed E-state index contributed by atoms with van der Waals surface area (Å²) in [7, 11) is 0. The lowest BCUT2D eigenvalue weighted by Gasteiger charge is -2.08. The highest BCUT2D eigenvalue weighted by molar-refractivity contribution is 6.32. The van der Waals surface area contributed by atoms with Gasteiger partial charge in [0.05, 0.1) is 18.1 Å². The van der Waals surface area contributed by atoms with Crippen LogP contribution in [0.3, 0.4) is 0 Å². The molecule has 0 spiro atoms. The van der Waals surface area contributed by atoms with E-state index in [4.69, 9.17) is 38.0 Å². The third kappa shape index (κ3) is 9.60. The van der Waals surface area contributed by atoms with Crippen LogP contribution in [0.4, 0.5) is 0 Å². The fourth-order valence-corrected chi connectivity index (χ4v) is 2.33. The molecule has 146 valence electrons. The van der Waals surface area contributed by atoms with Gasteiger partial charge in [0.15, 0.2) is 0 Å². The molecule has 1 atom stereocenters. The average Bonchev–Trinajstić information content (AvgIpc) is 3.38. The lowest BCUT2D eigenvalue weighted by Crippen LogP contribution is -2.29. The van der Waals surface area contributed by atoms with Gasteiger partial charge in [0, 0.05) is 0 Å². The molecular weight excluding hydrogens is 360 g/mol. The van der Waals surface area contributed by atoms with E-state index in [0.29, 0.717) is 41.8 Å². The summed E-state index contributed by atoms with van der Waals surface area (Å²) < 4.78 is 5.54. The van der Waals surface area contributed by atoms with Crippen LogP contribution < -0.4 is 16.2 Å². The molecule has 1 saturated carbocycles. The monoisotopic (exact) mass is 386 g/mol. The molecule has 0 bridgehead atoms. The Morgan fingerprint density at radius 2 is 1.96 bits per heavy atom. The first kappa shape index (κ1) is 22.2. The van der Waals surface area contributed by atoms with Gasteiger partial charge in [-0.25, -0.2) is 0 Å². The van der Waals surface area contributed by atoms with Gasteiger partial charge in [-0.05, 0) is 55.8 Å². The second-order valence-electron chi connectivity index (χ2n) is 6.32. The van der Waals surface area contributed by atoms with Gasteiger partial charge in [-0.1, -0.05) is 24.1 Å². The van der Waals surface area contributed by atoms with E-state index in [2.05, 4.69) is 0 Å². The molecule has 1 aromatic carbocycles. The quantitative estimate of drug-likeness (QED) is 0.453. The minimum Gasteiger partial charge on any atom is -0.492 e.